The van der Waals surface area contributed by atoms with Crippen molar-refractivity contribution >= 4 is 28.8 Å². The van der Waals surface area contributed by atoms with Crippen molar-refractivity contribution in [3.05, 3.63) is 59.9 Å². The van der Waals surface area contributed by atoms with Crippen molar-refractivity contribution in [2.75, 3.05) is 26.9 Å². The molecule has 0 unspecified atom stereocenters. The predicted molar refractivity (Wildman–Crippen MR) is 105 cm³/mol. The van der Waals surface area contributed by atoms with Gasteiger partial charge in [0.15, 0.2) is 23.9 Å². The van der Waals surface area contributed by atoms with Gasteiger partial charge in [-0.25, -0.2) is 4.79 Å². The molecule has 148 valence electrons. The van der Waals surface area contributed by atoms with Crippen LogP contribution >= 0.6 is 0 Å². The number of esters is 1. The Labute approximate surface area is 166 Å². The molecule has 4 rings (SSSR count). The molecule has 1 aromatic heterocycles. The second-order valence-electron chi connectivity index (χ2n) is 6.26. The van der Waals surface area contributed by atoms with Crippen LogP contribution in [0.1, 0.15) is 16.1 Å². The largest absolute Gasteiger partial charge is 0.493 e. The molecule has 0 amide bonds. The van der Waals surface area contributed by atoms with Gasteiger partial charge < -0.3 is 23.4 Å². The molecule has 0 bridgehead atoms. The van der Waals surface area contributed by atoms with E-state index in [9.17, 15) is 9.59 Å². The highest BCUT2D eigenvalue weighted by atomic mass is 16.6. The first-order chi connectivity index (χ1) is 14.1. The lowest BCUT2D eigenvalue weighted by Gasteiger charge is -2.20. The van der Waals surface area contributed by atoms with Crippen molar-refractivity contribution in [1.29, 1.82) is 0 Å². The monoisotopic (exact) mass is 394 g/mol. The van der Waals surface area contributed by atoms with E-state index in [1.54, 1.807) is 30.3 Å². The summed E-state index contributed by atoms with van der Waals surface area (Å²) in [6.45, 7) is 0.479. The summed E-state index contributed by atoms with van der Waals surface area (Å²) < 4.78 is 26.9. The number of rotatable bonds is 6. The molecule has 0 aliphatic carbocycles. The van der Waals surface area contributed by atoms with E-state index in [-0.39, 0.29) is 5.76 Å². The fourth-order valence-corrected chi connectivity index (χ4v) is 2.93. The average molecular weight is 394 g/mol. The van der Waals surface area contributed by atoms with Crippen LogP contribution in [0.2, 0.25) is 0 Å². The molecule has 0 radical (unpaired) electrons. The lowest BCUT2D eigenvalue weighted by molar-refractivity contribution is -0.136. The van der Waals surface area contributed by atoms with Gasteiger partial charge in [-0.3, -0.25) is 4.79 Å². The summed E-state index contributed by atoms with van der Waals surface area (Å²) in [6.07, 6.45) is 2.78. The van der Waals surface area contributed by atoms with E-state index in [1.807, 2.05) is 18.2 Å². The minimum atomic E-state index is -0.650. The number of furan rings is 1. The molecule has 29 heavy (non-hydrogen) atoms. The van der Waals surface area contributed by atoms with Crippen LogP contribution in [-0.2, 0) is 9.53 Å². The van der Waals surface area contributed by atoms with Crippen LogP contribution in [0.4, 0.5) is 0 Å². The molecule has 0 atom stereocenters. The zero-order valence-corrected chi connectivity index (χ0v) is 15.7. The number of Topliss-reactive ketones (excluding diaryl/α,β-unsaturated/α-hetero) is 1. The summed E-state index contributed by atoms with van der Waals surface area (Å²) in [4.78, 5) is 24.2. The lowest BCUT2D eigenvalue weighted by Crippen LogP contribution is -2.16. The zero-order chi connectivity index (χ0) is 20.2. The Morgan fingerprint density at radius 2 is 1.93 bits per heavy atom. The van der Waals surface area contributed by atoms with Gasteiger partial charge in [-0.2, -0.15) is 0 Å². The van der Waals surface area contributed by atoms with Crippen LogP contribution < -0.4 is 14.2 Å². The molecule has 2 aromatic carbocycles. The number of para-hydroxylation sites is 1. The molecule has 7 nitrogen and oxygen atoms in total. The number of ether oxygens (including phenoxy) is 4. The number of carbonyl (C=O) groups excluding carboxylic acids is 2. The molecule has 0 spiro atoms. The van der Waals surface area contributed by atoms with E-state index < -0.39 is 18.4 Å². The second-order valence-corrected chi connectivity index (χ2v) is 6.26. The van der Waals surface area contributed by atoms with Gasteiger partial charge in [-0.05, 0) is 35.9 Å². The molecule has 2 heterocycles. The number of carbonyl (C=O) groups is 2. The molecule has 0 saturated heterocycles. The first-order valence-electron chi connectivity index (χ1n) is 8.98. The Kier molecular flexibility index (Phi) is 5.20. The molecule has 1 aliphatic heterocycles. The predicted octanol–water partition coefficient (Wildman–Crippen LogP) is 3.65. The second kappa shape index (κ2) is 8.10. The lowest BCUT2D eigenvalue weighted by atomic mass is 10.1. The van der Waals surface area contributed by atoms with Gasteiger partial charge in [0.25, 0.3) is 0 Å². The van der Waals surface area contributed by atoms with E-state index in [0.29, 0.717) is 41.6 Å². The van der Waals surface area contributed by atoms with Crippen LogP contribution in [0.3, 0.4) is 0 Å². The SMILES string of the molecule is COc1cc(/C=C/C(=O)OCC(=O)c2cc3ccccc3o2)cc2c1OCCO2. The van der Waals surface area contributed by atoms with E-state index in [4.69, 9.17) is 23.4 Å². The van der Waals surface area contributed by atoms with Crippen molar-refractivity contribution in [3.63, 3.8) is 0 Å². The van der Waals surface area contributed by atoms with E-state index in [2.05, 4.69) is 0 Å². The van der Waals surface area contributed by atoms with Crippen molar-refractivity contribution in [2.45, 2.75) is 0 Å². The minimum absolute atomic E-state index is 0.152. The standard InChI is InChI=1S/C22H18O7/c1-25-19-10-14(11-20-22(19)27-9-8-26-20)6-7-21(24)28-13-16(23)18-12-15-4-2-3-5-17(15)29-18/h2-7,10-12H,8-9,13H2,1H3/b7-6+. The first kappa shape index (κ1) is 18.6. The molecule has 3 aromatic rings. The van der Waals surface area contributed by atoms with Gasteiger partial charge in [0.1, 0.15) is 18.8 Å². The highest BCUT2D eigenvalue weighted by molar-refractivity contribution is 5.99. The molecular formula is C22H18O7. The molecule has 0 fully saturated rings. The molecule has 0 N–H and O–H groups in total. The fraction of sp³-hybridized carbons (Fsp3) is 0.182. The Morgan fingerprint density at radius 1 is 1.10 bits per heavy atom. The van der Waals surface area contributed by atoms with Gasteiger partial charge in [0.2, 0.25) is 11.5 Å². The van der Waals surface area contributed by atoms with Crippen molar-refractivity contribution < 1.29 is 33.0 Å². The summed E-state index contributed by atoms with van der Waals surface area (Å²) >= 11 is 0. The summed E-state index contributed by atoms with van der Waals surface area (Å²) in [7, 11) is 1.53. The number of hydrogen-bond donors (Lipinski definition) is 0. The maximum absolute atomic E-state index is 12.2. The smallest absolute Gasteiger partial charge is 0.331 e. The summed E-state index contributed by atoms with van der Waals surface area (Å²) in [5, 5.41) is 0.814. The molecule has 0 saturated carbocycles. The summed E-state index contributed by atoms with van der Waals surface area (Å²) in [6, 6.07) is 12.4. The zero-order valence-electron chi connectivity index (χ0n) is 15.7. The van der Waals surface area contributed by atoms with Crippen LogP contribution in [-0.4, -0.2) is 38.7 Å². The van der Waals surface area contributed by atoms with Crippen LogP contribution in [0.15, 0.2) is 53.0 Å². The number of benzene rings is 2. The average Bonchev–Trinajstić information content (AvgIpc) is 3.19. The topological polar surface area (TPSA) is 84.2 Å². The van der Waals surface area contributed by atoms with Gasteiger partial charge in [-0.1, -0.05) is 18.2 Å². The molecular weight excluding hydrogens is 376 g/mol. The van der Waals surface area contributed by atoms with Crippen molar-refractivity contribution in [2.24, 2.45) is 0 Å². The number of ketones is 1. The quantitative estimate of drug-likeness (QED) is 0.358. The third kappa shape index (κ3) is 4.08. The fourth-order valence-electron chi connectivity index (χ4n) is 2.93. The highest BCUT2D eigenvalue weighted by Gasteiger charge is 2.18. The molecule has 7 heteroatoms. The maximum atomic E-state index is 12.2. The Bertz CT molecular complexity index is 1040. The Balaban J connectivity index is 1.39. The van der Waals surface area contributed by atoms with Crippen molar-refractivity contribution in [3.8, 4) is 17.2 Å². The highest BCUT2D eigenvalue weighted by Crippen LogP contribution is 2.40. The van der Waals surface area contributed by atoms with E-state index in [0.717, 1.165) is 5.39 Å². The van der Waals surface area contributed by atoms with Gasteiger partial charge in [-0.15, -0.1) is 0 Å². The van der Waals surface area contributed by atoms with Gasteiger partial charge >= 0.3 is 5.97 Å². The third-order valence-electron chi connectivity index (χ3n) is 4.31. The summed E-state index contributed by atoms with van der Waals surface area (Å²) in [5.74, 6) is 0.681. The minimum Gasteiger partial charge on any atom is -0.493 e. The number of hydrogen-bond acceptors (Lipinski definition) is 7. The number of fused-ring (bicyclic) bond motifs is 2. The van der Waals surface area contributed by atoms with Crippen LogP contribution in [0.25, 0.3) is 17.0 Å². The van der Waals surface area contributed by atoms with Crippen LogP contribution in [0, 0.1) is 0 Å². The van der Waals surface area contributed by atoms with E-state index >= 15 is 0 Å². The van der Waals surface area contributed by atoms with Crippen LogP contribution in [0.5, 0.6) is 17.2 Å². The first-order valence-corrected chi connectivity index (χ1v) is 8.98. The Morgan fingerprint density at radius 3 is 2.76 bits per heavy atom. The summed E-state index contributed by atoms with van der Waals surface area (Å²) in [5.41, 5.74) is 1.28. The molecule has 1 aliphatic rings. The number of methoxy groups -OCH3 is 1. The van der Waals surface area contributed by atoms with Crippen molar-refractivity contribution in [1.82, 2.24) is 0 Å². The van der Waals surface area contributed by atoms with E-state index in [1.165, 1.54) is 13.2 Å². The van der Waals surface area contributed by atoms with Gasteiger partial charge in [0, 0.05) is 11.5 Å². The third-order valence-corrected chi connectivity index (χ3v) is 4.31. The normalized spacial score (nSPS) is 12.9. The van der Waals surface area contributed by atoms with Gasteiger partial charge in [0.05, 0.1) is 7.11 Å². The Hall–Kier alpha value is -3.74. The maximum Gasteiger partial charge on any atom is 0.331 e.